The molecule has 0 bridgehead atoms. The second-order valence-electron chi connectivity index (χ2n) is 4.01. The predicted molar refractivity (Wildman–Crippen MR) is 78.3 cm³/mol. The molecule has 0 unspecified atom stereocenters. The third kappa shape index (κ3) is 3.76. The van der Waals surface area contributed by atoms with Crippen molar-refractivity contribution in [3.63, 3.8) is 0 Å². The lowest BCUT2D eigenvalue weighted by molar-refractivity contribution is -0.135. The largest absolute Gasteiger partial charge is 0.504 e. The SMILES string of the molecule is COc1cc(/C=C2\SC(=NCC(=O)O)NC2=O)ccc1O. The number of carbonyl (C=O) groups is 2. The average molecular weight is 308 g/mol. The Morgan fingerprint density at radius 2 is 2.29 bits per heavy atom. The number of phenolic OH excluding ortho intramolecular Hbond substituents is 1. The molecule has 1 amide bonds. The number of rotatable bonds is 4. The Morgan fingerprint density at radius 3 is 2.95 bits per heavy atom. The molecule has 1 heterocycles. The maximum atomic E-state index is 11.7. The first kappa shape index (κ1) is 14.9. The molecule has 1 aliphatic rings. The number of hydrogen-bond acceptors (Lipinski definition) is 6. The van der Waals surface area contributed by atoms with E-state index in [-0.39, 0.29) is 16.8 Å². The van der Waals surface area contributed by atoms with E-state index in [1.54, 1.807) is 18.2 Å². The number of methoxy groups -OCH3 is 1. The van der Waals surface area contributed by atoms with Crippen LogP contribution in [0.15, 0.2) is 28.1 Å². The maximum Gasteiger partial charge on any atom is 0.325 e. The van der Waals surface area contributed by atoms with Gasteiger partial charge in [-0.2, -0.15) is 0 Å². The molecule has 0 saturated carbocycles. The van der Waals surface area contributed by atoms with Crippen LogP contribution < -0.4 is 10.1 Å². The van der Waals surface area contributed by atoms with Crippen LogP contribution in [0.1, 0.15) is 5.56 Å². The van der Waals surface area contributed by atoms with E-state index in [4.69, 9.17) is 9.84 Å². The van der Waals surface area contributed by atoms with E-state index in [0.29, 0.717) is 16.2 Å². The Morgan fingerprint density at radius 1 is 1.52 bits per heavy atom. The molecular formula is C13H12N2O5S. The number of carboxylic acid groups (broad SMARTS) is 1. The molecule has 7 nitrogen and oxygen atoms in total. The first-order valence-electron chi connectivity index (χ1n) is 5.83. The number of aliphatic imine (C=N–C) groups is 1. The Labute approximate surface area is 124 Å². The lowest BCUT2D eigenvalue weighted by Gasteiger charge is -2.03. The molecule has 0 aliphatic carbocycles. The van der Waals surface area contributed by atoms with E-state index in [9.17, 15) is 14.7 Å². The minimum Gasteiger partial charge on any atom is -0.504 e. The lowest BCUT2D eigenvalue weighted by atomic mass is 10.2. The van der Waals surface area contributed by atoms with Crippen LogP contribution in [0.25, 0.3) is 6.08 Å². The van der Waals surface area contributed by atoms with Crippen LogP contribution in [0.2, 0.25) is 0 Å². The van der Waals surface area contributed by atoms with Gasteiger partial charge in [-0.05, 0) is 35.5 Å². The number of nitrogens with zero attached hydrogens (tertiary/aromatic N) is 1. The summed E-state index contributed by atoms with van der Waals surface area (Å²) < 4.78 is 4.99. The number of benzene rings is 1. The second-order valence-corrected chi connectivity index (χ2v) is 5.04. The van der Waals surface area contributed by atoms with Crippen LogP contribution in [0, 0.1) is 0 Å². The molecular weight excluding hydrogens is 296 g/mol. The highest BCUT2D eigenvalue weighted by molar-refractivity contribution is 8.18. The van der Waals surface area contributed by atoms with E-state index in [0.717, 1.165) is 11.8 Å². The van der Waals surface area contributed by atoms with Gasteiger partial charge in [-0.3, -0.25) is 14.6 Å². The fourth-order valence-corrected chi connectivity index (χ4v) is 2.40. The quantitative estimate of drug-likeness (QED) is 0.717. The van der Waals surface area contributed by atoms with Crippen molar-refractivity contribution in [2.45, 2.75) is 0 Å². The summed E-state index contributed by atoms with van der Waals surface area (Å²) in [4.78, 5) is 26.3. The van der Waals surface area contributed by atoms with Gasteiger partial charge in [0.25, 0.3) is 5.91 Å². The minimum absolute atomic E-state index is 0.00638. The monoisotopic (exact) mass is 308 g/mol. The van der Waals surface area contributed by atoms with Crippen LogP contribution in [0.5, 0.6) is 11.5 Å². The Balaban J connectivity index is 2.20. The number of amidine groups is 1. The van der Waals surface area contributed by atoms with Gasteiger partial charge in [-0.25, -0.2) is 0 Å². The number of carboxylic acids is 1. The van der Waals surface area contributed by atoms with Crippen molar-refractivity contribution in [3.05, 3.63) is 28.7 Å². The van der Waals surface area contributed by atoms with Gasteiger partial charge in [0, 0.05) is 0 Å². The molecule has 8 heteroatoms. The first-order chi connectivity index (χ1) is 9.99. The standard InChI is InChI=1S/C13H12N2O5S/c1-20-9-4-7(2-3-8(9)16)5-10-12(19)15-13(21-10)14-6-11(17)18/h2-5,16H,6H2,1H3,(H,17,18)(H,14,15,19)/b10-5-. The summed E-state index contributed by atoms with van der Waals surface area (Å²) in [6.07, 6.45) is 1.60. The summed E-state index contributed by atoms with van der Waals surface area (Å²) in [6, 6.07) is 4.68. The van der Waals surface area contributed by atoms with Crippen LogP contribution >= 0.6 is 11.8 Å². The van der Waals surface area contributed by atoms with Gasteiger partial charge < -0.3 is 20.3 Å². The van der Waals surface area contributed by atoms with Crippen molar-refractivity contribution < 1.29 is 24.5 Å². The second kappa shape index (κ2) is 6.31. The summed E-state index contributed by atoms with van der Waals surface area (Å²) in [5.41, 5.74) is 0.668. The van der Waals surface area contributed by atoms with Crippen molar-refractivity contribution in [3.8, 4) is 11.5 Å². The van der Waals surface area contributed by atoms with Crippen molar-refractivity contribution >= 4 is 34.9 Å². The fraction of sp³-hybridized carbons (Fsp3) is 0.154. The lowest BCUT2D eigenvalue weighted by Crippen LogP contribution is -2.20. The minimum atomic E-state index is -1.07. The van der Waals surface area contributed by atoms with Crippen LogP contribution in [-0.2, 0) is 9.59 Å². The van der Waals surface area contributed by atoms with Crippen molar-refractivity contribution in [1.82, 2.24) is 5.32 Å². The molecule has 1 saturated heterocycles. The zero-order chi connectivity index (χ0) is 15.4. The summed E-state index contributed by atoms with van der Waals surface area (Å²) in [5, 5.41) is 20.8. The molecule has 0 atom stereocenters. The molecule has 0 radical (unpaired) electrons. The highest BCUT2D eigenvalue weighted by Crippen LogP contribution is 2.30. The highest BCUT2D eigenvalue weighted by Gasteiger charge is 2.23. The van der Waals surface area contributed by atoms with Gasteiger partial charge in [0.05, 0.1) is 12.0 Å². The molecule has 2 rings (SSSR count). The molecule has 1 aromatic carbocycles. The van der Waals surface area contributed by atoms with Crippen molar-refractivity contribution in [2.75, 3.05) is 13.7 Å². The van der Waals surface area contributed by atoms with E-state index < -0.39 is 12.5 Å². The van der Waals surface area contributed by atoms with Crippen molar-refractivity contribution in [2.24, 2.45) is 4.99 Å². The molecule has 1 aromatic rings. The molecule has 1 aliphatic heterocycles. The van der Waals surface area contributed by atoms with Crippen LogP contribution in [0.3, 0.4) is 0 Å². The average Bonchev–Trinajstić information content (AvgIpc) is 2.79. The Hall–Kier alpha value is -2.48. The molecule has 21 heavy (non-hydrogen) atoms. The fourth-order valence-electron chi connectivity index (χ4n) is 1.58. The number of amides is 1. The van der Waals surface area contributed by atoms with Crippen LogP contribution in [-0.4, -0.2) is 40.9 Å². The molecule has 3 N–H and O–H groups in total. The van der Waals surface area contributed by atoms with E-state index in [2.05, 4.69) is 10.3 Å². The first-order valence-corrected chi connectivity index (χ1v) is 6.65. The molecule has 0 spiro atoms. The maximum absolute atomic E-state index is 11.7. The zero-order valence-corrected chi connectivity index (χ0v) is 11.8. The number of aromatic hydroxyl groups is 1. The van der Waals surface area contributed by atoms with Crippen LogP contribution in [0.4, 0.5) is 0 Å². The number of hydrogen-bond donors (Lipinski definition) is 3. The van der Waals surface area contributed by atoms with Crippen molar-refractivity contribution in [1.29, 1.82) is 0 Å². The van der Waals surface area contributed by atoms with Gasteiger partial charge >= 0.3 is 5.97 Å². The molecule has 1 fully saturated rings. The van der Waals surface area contributed by atoms with E-state index >= 15 is 0 Å². The number of aliphatic carboxylic acids is 1. The normalized spacial score (nSPS) is 18.0. The number of carbonyl (C=O) groups excluding carboxylic acids is 1. The number of ether oxygens (including phenoxy) is 1. The summed E-state index contributed by atoms with van der Waals surface area (Å²) in [5.74, 6) is -1.12. The van der Waals surface area contributed by atoms with Gasteiger partial charge in [0.2, 0.25) is 0 Å². The summed E-state index contributed by atoms with van der Waals surface area (Å²) in [6.45, 7) is -0.400. The van der Waals surface area contributed by atoms with Gasteiger partial charge in [-0.1, -0.05) is 6.07 Å². The number of thioether (sulfide) groups is 1. The third-order valence-electron chi connectivity index (χ3n) is 2.51. The summed E-state index contributed by atoms with van der Waals surface area (Å²) in [7, 11) is 1.43. The topological polar surface area (TPSA) is 108 Å². The third-order valence-corrected chi connectivity index (χ3v) is 3.46. The zero-order valence-electron chi connectivity index (χ0n) is 11.0. The van der Waals surface area contributed by atoms with E-state index in [1.165, 1.54) is 13.2 Å². The summed E-state index contributed by atoms with van der Waals surface area (Å²) >= 11 is 1.06. The van der Waals surface area contributed by atoms with E-state index in [1.807, 2.05) is 0 Å². The Bertz CT molecular complexity index is 654. The molecule has 0 aromatic heterocycles. The predicted octanol–water partition coefficient (Wildman–Crippen LogP) is 1.05. The smallest absolute Gasteiger partial charge is 0.325 e. The Kier molecular flexibility index (Phi) is 4.49. The number of phenols is 1. The number of nitrogens with one attached hydrogen (secondary N) is 1. The highest BCUT2D eigenvalue weighted by atomic mass is 32.2. The molecule has 110 valence electrons. The van der Waals surface area contributed by atoms with Gasteiger partial charge in [0.1, 0.15) is 6.54 Å². The van der Waals surface area contributed by atoms with Gasteiger partial charge in [0.15, 0.2) is 16.7 Å². The van der Waals surface area contributed by atoms with Gasteiger partial charge in [-0.15, -0.1) is 0 Å².